The van der Waals surface area contributed by atoms with Gasteiger partial charge >= 0.3 is 5.97 Å². The quantitative estimate of drug-likeness (QED) is 0.666. The van der Waals surface area contributed by atoms with E-state index >= 15 is 0 Å². The molecule has 2 aromatic carbocycles. The molecular formula is C16H13ClN2O4. The molecule has 118 valence electrons. The van der Waals surface area contributed by atoms with Gasteiger partial charge in [0.15, 0.2) is 0 Å². The van der Waals surface area contributed by atoms with Crippen LogP contribution in [-0.4, -0.2) is 24.9 Å². The zero-order valence-corrected chi connectivity index (χ0v) is 12.9. The van der Waals surface area contributed by atoms with E-state index in [2.05, 4.69) is 15.6 Å². The first-order chi connectivity index (χ1) is 11.0. The minimum atomic E-state index is -0.557. The number of carbonyl (C=O) groups excluding carboxylic acids is 3. The molecule has 0 saturated carbocycles. The molecule has 0 aliphatic heterocycles. The first-order valence-corrected chi connectivity index (χ1v) is 6.93. The minimum absolute atomic E-state index is 0.212. The maximum atomic E-state index is 12.0. The molecule has 7 heteroatoms. The molecular weight excluding hydrogens is 320 g/mol. The molecule has 0 fully saturated rings. The molecule has 2 N–H and O–H groups in total. The summed E-state index contributed by atoms with van der Waals surface area (Å²) in [6.07, 6.45) is 0. The van der Waals surface area contributed by atoms with E-state index in [-0.39, 0.29) is 11.1 Å². The van der Waals surface area contributed by atoms with E-state index in [9.17, 15) is 14.4 Å². The number of hydrazine groups is 1. The lowest BCUT2D eigenvalue weighted by molar-refractivity contribution is 0.0600. The van der Waals surface area contributed by atoms with Crippen molar-refractivity contribution in [1.29, 1.82) is 0 Å². The van der Waals surface area contributed by atoms with Gasteiger partial charge in [-0.05, 0) is 42.5 Å². The van der Waals surface area contributed by atoms with E-state index in [4.69, 9.17) is 11.6 Å². The number of methoxy groups -OCH3 is 1. The molecule has 0 bridgehead atoms. The van der Waals surface area contributed by atoms with Crippen molar-refractivity contribution >= 4 is 29.4 Å². The maximum Gasteiger partial charge on any atom is 0.337 e. The van der Waals surface area contributed by atoms with Crippen LogP contribution in [0.5, 0.6) is 0 Å². The summed E-state index contributed by atoms with van der Waals surface area (Å²) in [6.45, 7) is 0. The van der Waals surface area contributed by atoms with Crippen LogP contribution in [0.15, 0.2) is 48.5 Å². The van der Waals surface area contributed by atoms with E-state index in [1.165, 1.54) is 37.4 Å². The lowest BCUT2D eigenvalue weighted by Crippen LogP contribution is -2.41. The van der Waals surface area contributed by atoms with Crippen LogP contribution in [0, 0.1) is 0 Å². The molecule has 6 nitrogen and oxygen atoms in total. The fourth-order valence-corrected chi connectivity index (χ4v) is 1.89. The lowest BCUT2D eigenvalue weighted by atomic mass is 10.1. The summed E-state index contributed by atoms with van der Waals surface area (Å²) in [5.41, 5.74) is 5.35. The molecule has 0 atom stereocenters. The Morgan fingerprint density at radius 2 is 1.43 bits per heavy atom. The second-order valence-corrected chi connectivity index (χ2v) is 4.92. The Balaban J connectivity index is 2.00. The van der Waals surface area contributed by atoms with Crippen LogP contribution < -0.4 is 10.9 Å². The number of carbonyl (C=O) groups is 3. The highest BCUT2D eigenvalue weighted by Gasteiger charge is 2.12. The fourth-order valence-electron chi connectivity index (χ4n) is 1.76. The van der Waals surface area contributed by atoms with E-state index in [1.54, 1.807) is 18.2 Å². The topological polar surface area (TPSA) is 84.5 Å². The molecule has 0 aromatic heterocycles. The average Bonchev–Trinajstić information content (AvgIpc) is 2.59. The first kappa shape index (κ1) is 16.5. The fraction of sp³-hybridized carbons (Fsp3) is 0.0625. The van der Waals surface area contributed by atoms with Gasteiger partial charge in [0, 0.05) is 16.1 Å². The van der Waals surface area contributed by atoms with Crippen molar-refractivity contribution in [2.24, 2.45) is 0 Å². The van der Waals surface area contributed by atoms with Gasteiger partial charge in [0.05, 0.1) is 12.7 Å². The van der Waals surface area contributed by atoms with Crippen molar-refractivity contribution < 1.29 is 19.1 Å². The number of hydrogen-bond donors (Lipinski definition) is 2. The molecule has 0 spiro atoms. The Labute approximate surface area is 137 Å². The minimum Gasteiger partial charge on any atom is -0.465 e. The number of rotatable bonds is 3. The highest BCUT2D eigenvalue weighted by atomic mass is 35.5. The van der Waals surface area contributed by atoms with Gasteiger partial charge in [0.25, 0.3) is 11.8 Å². The first-order valence-electron chi connectivity index (χ1n) is 6.56. The number of esters is 1. The Morgan fingerprint density at radius 1 is 0.870 bits per heavy atom. The van der Waals surface area contributed by atoms with Gasteiger partial charge in [-0.15, -0.1) is 0 Å². The molecule has 0 radical (unpaired) electrons. The largest absolute Gasteiger partial charge is 0.465 e. The SMILES string of the molecule is COC(=O)c1cccc(C(=O)NNC(=O)c2ccc(Cl)cc2)c1. The molecule has 0 aliphatic carbocycles. The highest BCUT2D eigenvalue weighted by molar-refractivity contribution is 6.30. The Hall–Kier alpha value is -2.86. The van der Waals surface area contributed by atoms with Crippen LogP contribution in [0.4, 0.5) is 0 Å². The van der Waals surface area contributed by atoms with Crippen LogP contribution >= 0.6 is 11.6 Å². The van der Waals surface area contributed by atoms with E-state index in [1.807, 2.05) is 0 Å². The molecule has 0 unspecified atom stereocenters. The summed E-state index contributed by atoms with van der Waals surface area (Å²) >= 11 is 5.74. The number of halogens is 1. The molecule has 2 amide bonds. The molecule has 23 heavy (non-hydrogen) atoms. The lowest BCUT2D eigenvalue weighted by Gasteiger charge is -2.08. The van der Waals surface area contributed by atoms with Crippen molar-refractivity contribution in [1.82, 2.24) is 10.9 Å². The van der Waals surface area contributed by atoms with Gasteiger partial charge < -0.3 is 4.74 Å². The Kier molecular flexibility index (Phi) is 5.32. The van der Waals surface area contributed by atoms with Gasteiger partial charge in [0.1, 0.15) is 0 Å². The predicted octanol–water partition coefficient (Wildman–Crippen LogP) is 2.20. The Morgan fingerprint density at radius 3 is 2.04 bits per heavy atom. The number of benzene rings is 2. The van der Waals surface area contributed by atoms with Crippen molar-refractivity contribution in [3.63, 3.8) is 0 Å². The third kappa shape index (κ3) is 4.31. The van der Waals surface area contributed by atoms with E-state index in [0.717, 1.165) is 0 Å². The van der Waals surface area contributed by atoms with Crippen LogP contribution in [-0.2, 0) is 4.74 Å². The van der Waals surface area contributed by atoms with E-state index < -0.39 is 17.8 Å². The average molecular weight is 333 g/mol. The highest BCUT2D eigenvalue weighted by Crippen LogP contribution is 2.09. The second-order valence-electron chi connectivity index (χ2n) is 4.49. The van der Waals surface area contributed by atoms with Crippen LogP contribution in [0.2, 0.25) is 5.02 Å². The number of hydrogen-bond acceptors (Lipinski definition) is 4. The van der Waals surface area contributed by atoms with Gasteiger partial charge in [-0.3, -0.25) is 20.4 Å². The Bertz CT molecular complexity index is 744. The van der Waals surface area contributed by atoms with Gasteiger partial charge in [-0.25, -0.2) is 4.79 Å². The zero-order valence-electron chi connectivity index (χ0n) is 12.1. The van der Waals surface area contributed by atoms with Gasteiger partial charge in [0.2, 0.25) is 0 Å². The third-order valence-electron chi connectivity index (χ3n) is 2.94. The van der Waals surface area contributed by atoms with Crippen molar-refractivity contribution in [3.05, 3.63) is 70.2 Å². The summed E-state index contributed by atoms with van der Waals surface area (Å²) in [5, 5.41) is 0.505. The van der Waals surface area contributed by atoms with Crippen molar-refractivity contribution in [2.75, 3.05) is 7.11 Å². The molecule has 2 rings (SSSR count). The number of ether oxygens (including phenoxy) is 1. The third-order valence-corrected chi connectivity index (χ3v) is 3.19. The summed E-state index contributed by atoms with van der Waals surface area (Å²) in [7, 11) is 1.25. The van der Waals surface area contributed by atoms with Gasteiger partial charge in [-0.2, -0.15) is 0 Å². The molecule has 0 aliphatic rings. The van der Waals surface area contributed by atoms with Crippen LogP contribution in [0.3, 0.4) is 0 Å². The molecule has 0 heterocycles. The van der Waals surface area contributed by atoms with Gasteiger partial charge in [-0.1, -0.05) is 17.7 Å². The predicted molar refractivity (Wildman–Crippen MR) is 84.2 cm³/mol. The monoisotopic (exact) mass is 332 g/mol. The second kappa shape index (κ2) is 7.42. The zero-order chi connectivity index (χ0) is 16.8. The summed E-state index contributed by atoms with van der Waals surface area (Å²) in [4.78, 5) is 35.3. The normalized spacial score (nSPS) is 9.83. The summed E-state index contributed by atoms with van der Waals surface area (Å²) < 4.78 is 4.59. The van der Waals surface area contributed by atoms with E-state index in [0.29, 0.717) is 10.6 Å². The number of amides is 2. The number of nitrogens with one attached hydrogen (secondary N) is 2. The summed E-state index contributed by atoms with van der Waals surface area (Å²) in [5.74, 6) is -1.60. The molecule has 0 saturated heterocycles. The maximum absolute atomic E-state index is 12.0. The van der Waals surface area contributed by atoms with Crippen LogP contribution in [0.25, 0.3) is 0 Å². The summed E-state index contributed by atoms with van der Waals surface area (Å²) in [6, 6.07) is 12.1. The van der Waals surface area contributed by atoms with Crippen molar-refractivity contribution in [3.8, 4) is 0 Å². The van der Waals surface area contributed by atoms with Crippen LogP contribution in [0.1, 0.15) is 31.1 Å². The molecule has 2 aromatic rings. The van der Waals surface area contributed by atoms with Crippen molar-refractivity contribution in [2.45, 2.75) is 0 Å². The smallest absolute Gasteiger partial charge is 0.337 e. The standard InChI is InChI=1S/C16H13ClN2O4/c1-23-16(22)12-4-2-3-11(9-12)15(21)19-18-14(20)10-5-7-13(17)8-6-10/h2-9H,1H3,(H,18,20)(H,19,21).